The molecular formula is C12H10ClFN2O2S. The Morgan fingerprint density at radius 1 is 1.53 bits per heavy atom. The van der Waals surface area contributed by atoms with Gasteiger partial charge in [-0.25, -0.2) is 14.2 Å². The van der Waals surface area contributed by atoms with Crippen LogP contribution in [0.3, 0.4) is 0 Å². The third-order valence-corrected chi connectivity index (χ3v) is 3.54. The van der Waals surface area contributed by atoms with Crippen LogP contribution in [0.15, 0.2) is 18.2 Å². The summed E-state index contributed by atoms with van der Waals surface area (Å²) in [5.41, 5.74) is 0.761. The van der Waals surface area contributed by atoms with Crippen molar-refractivity contribution < 1.29 is 13.9 Å². The second kappa shape index (κ2) is 5.54. The SMILES string of the molecule is COC(=O)c1nc(Nc2ccc(Cl)c(F)c2)sc1C. The average molecular weight is 301 g/mol. The first kappa shape index (κ1) is 13.8. The summed E-state index contributed by atoms with van der Waals surface area (Å²) in [6.07, 6.45) is 0. The molecular weight excluding hydrogens is 291 g/mol. The highest BCUT2D eigenvalue weighted by Crippen LogP contribution is 2.27. The molecule has 0 atom stereocenters. The standard InChI is InChI=1S/C12H10ClFN2O2S/c1-6-10(11(17)18-2)16-12(19-6)15-7-3-4-8(13)9(14)5-7/h3-5H,1-2H3,(H,15,16). The Hall–Kier alpha value is -1.66. The Balaban J connectivity index is 2.24. The van der Waals surface area contributed by atoms with Gasteiger partial charge in [-0.3, -0.25) is 0 Å². The molecule has 0 amide bonds. The lowest BCUT2D eigenvalue weighted by Gasteiger charge is -2.02. The number of anilines is 2. The van der Waals surface area contributed by atoms with Gasteiger partial charge in [-0.2, -0.15) is 0 Å². The first-order chi connectivity index (χ1) is 9.01. The smallest absolute Gasteiger partial charge is 0.357 e. The Morgan fingerprint density at radius 3 is 2.89 bits per heavy atom. The molecule has 1 aromatic carbocycles. The maximum absolute atomic E-state index is 13.3. The van der Waals surface area contributed by atoms with Gasteiger partial charge in [0, 0.05) is 10.6 Å². The summed E-state index contributed by atoms with van der Waals surface area (Å²) < 4.78 is 17.9. The number of ether oxygens (including phenoxy) is 1. The molecule has 0 unspecified atom stereocenters. The van der Waals surface area contributed by atoms with Crippen molar-refractivity contribution >= 4 is 39.7 Å². The molecule has 7 heteroatoms. The van der Waals surface area contributed by atoms with Gasteiger partial charge in [-0.05, 0) is 25.1 Å². The van der Waals surface area contributed by atoms with E-state index in [1.165, 1.54) is 30.6 Å². The monoisotopic (exact) mass is 300 g/mol. The minimum Gasteiger partial charge on any atom is -0.464 e. The first-order valence-corrected chi connectivity index (χ1v) is 6.48. The average Bonchev–Trinajstić information content (AvgIpc) is 2.74. The number of thiazole rings is 1. The van der Waals surface area contributed by atoms with Gasteiger partial charge < -0.3 is 10.1 Å². The van der Waals surface area contributed by atoms with E-state index in [2.05, 4.69) is 15.0 Å². The van der Waals surface area contributed by atoms with Crippen LogP contribution < -0.4 is 5.32 Å². The molecule has 0 bridgehead atoms. The zero-order valence-electron chi connectivity index (χ0n) is 10.2. The van der Waals surface area contributed by atoms with Gasteiger partial charge in [0.2, 0.25) is 0 Å². The number of rotatable bonds is 3. The molecule has 1 N–H and O–H groups in total. The lowest BCUT2D eigenvalue weighted by Crippen LogP contribution is -2.03. The zero-order valence-corrected chi connectivity index (χ0v) is 11.7. The number of methoxy groups -OCH3 is 1. The summed E-state index contributed by atoms with van der Waals surface area (Å²) >= 11 is 6.88. The number of nitrogens with zero attached hydrogens (tertiary/aromatic N) is 1. The largest absolute Gasteiger partial charge is 0.464 e. The molecule has 19 heavy (non-hydrogen) atoms. The number of carbonyl (C=O) groups is 1. The van der Waals surface area contributed by atoms with E-state index in [9.17, 15) is 9.18 Å². The van der Waals surface area contributed by atoms with Crippen molar-refractivity contribution in [3.05, 3.63) is 39.6 Å². The van der Waals surface area contributed by atoms with E-state index in [0.29, 0.717) is 10.8 Å². The highest BCUT2D eigenvalue weighted by molar-refractivity contribution is 7.15. The fourth-order valence-corrected chi connectivity index (χ4v) is 2.37. The minimum atomic E-state index is -0.520. The maximum Gasteiger partial charge on any atom is 0.357 e. The summed E-state index contributed by atoms with van der Waals surface area (Å²) in [6, 6.07) is 4.33. The third kappa shape index (κ3) is 3.02. The fraction of sp³-hybridized carbons (Fsp3) is 0.167. The van der Waals surface area contributed by atoms with Crippen LogP contribution in [-0.4, -0.2) is 18.1 Å². The number of hydrogen-bond donors (Lipinski definition) is 1. The molecule has 0 fully saturated rings. The Labute approximate surface area is 118 Å². The van der Waals surface area contributed by atoms with E-state index < -0.39 is 11.8 Å². The fourth-order valence-electron chi connectivity index (χ4n) is 1.43. The van der Waals surface area contributed by atoms with Crippen molar-refractivity contribution in [2.45, 2.75) is 6.92 Å². The van der Waals surface area contributed by atoms with E-state index >= 15 is 0 Å². The van der Waals surface area contributed by atoms with Gasteiger partial charge >= 0.3 is 5.97 Å². The molecule has 0 aliphatic carbocycles. The molecule has 0 spiro atoms. The van der Waals surface area contributed by atoms with Crippen LogP contribution in [0.4, 0.5) is 15.2 Å². The number of nitrogens with one attached hydrogen (secondary N) is 1. The predicted octanol–water partition coefficient (Wildman–Crippen LogP) is 3.77. The van der Waals surface area contributed by atoms with Crippen molar-refractivity contribution in [2.75, 3.05) is 12.4 Å². The Morgan fingerprint density at radius 2 is 2.26 bits per heavy atom. The number of aryl methyl sites for hydroxylation is 1. The number of carbonyl (C=O) groups excluding carboxylic acids is 1. The van der Waals surface area contributed by atoms with Crippen LogP contribution in [0.5, 0.6) is 0 Å². The second-order valence-electron chi connectivity index (χ2n) is 3.67. The summed E-state index contributed by atoms with van der Waals surface area (Å²) in [5.74, 6) is -1.02. The highest BCUT2D eigenvalue weighted by atomic mass is 35.5. The highest BCUT2D eigenvalue weighted by Gasteiger charge is 2.15. The van der Waals surface area contributed by atoms with Crippen LogP contribution in [0, 0.1) is 12.7 Å². The van der Waals surface area contributed by atoms with Crippen LogP contribution in [-0.2, 0) is 4.74 Å². The molecule has 0 radical (unpaired) electrons. The molecule has 0 saturated heterocycles. The Bertz CT molecular complexity index is 630. The lowest BCUT2D eigenvalue weighted by molar-refractivity contribution is 0.0594. The number of benzene rings is 1. The normalized spacial score (nSPS) is 10.3. The van der Waals surface area contributed by atoms with Gasteiger partial charge in [0.1, 0.15) is 5.82 Å². The summed E-state index contributed by atoms with van der Waals surface area (Å²) in [6.45, 7) is 1.76. The van der Waals surface area contributed by atoms with E-state index in [-0.39, 0.29) is 10.7 Å². The van der Waals surface area contributed by atoms with Crippen molar-refractivity contribution in [2.24, 2.45) is 0 Å². The molecule has 0 saturated carbocycles. The second-order valence-corrected chi connectivity index (χ2v) is 5.28. The van der Waals surface area contributed by atoms with Crippen LogP contribution in [0.1, 0.15) is 15.4 Å². The van der Waals surface area contributed by atoms with E-state index in [1.807, 2.05) is 0 Å². The van der Waals surface area contributed by atoms with Gasteiger partial charge in [0.25, 0.3) is 0 Å². The van der Waals surface area contributed by atoms with Crippen molar-refractivity contribution in [1.29, 1.82) is 0 Å². The molecule has 1 heterocycles. The first-order valence-electron chi connectivity index (χ1n) is 5.29. The van der Waals surface area contributed by atoms with Gasteiger partial charge in [0.15, 0.2) is 10.8 Å². The number of hydrogen-bond acceptors (Lipinski definition) is 5. The summed E-state index contributed by atoms with van der Waals surface area (Å²) in [4.78, 5) is 16.2. The molecule has 0 aliphatic rings. The van der Waals surface area contributed by atoms with Crippen molar-refractivity contribution in [1.82, 2.24) is 4.98 Å². The third-order valence-electron chi connectivity index (χ3n) is 2.35. The van der Waals surface area contributed by atoms with Crippen molar-refractivity contribution in [3.63, 3.8) is 0 Å². The van der Waals surface area contributed by atoms with Gasteiger partial charge in [-0.15, -0.1) is 11.3 Å². The molecule has 2 aromatic rings. The molecule has 4 nitrogen and oxygen atoms in total. The lowest BCUT2D eigenvalue weighted by atomic mass is 10.3. The maximum atomic E-state index is 13.3. The number of esters is 1. The van der Waals surface area contributed by atoms with Crippen LogP contribution >= 0.6 is 22.9 Å². The topological polar surface area (TPSA) is 51.2 Å². The van der Waals surface area contributed by atoms with Crippen LogP contribution in [0.25, 0.3) is 0 Å². The summed E-state index contributed by atoms with van der Waals surface area (Å²) in [7, 11) is 1.29. The molecule has 1 aromatic heterocycles. The van der Waals surface area contributed by atoms with Gasteiger partial charge in [0.05, 0.1) is 12.1 Å². The molecule has 2 rings (SSSR count). The van der Waals surface area contributed by atoms with Gasteiger partial charge in [-0.1, -0.05) is 11.6 Å². The number of halogens is 2. The molecule has 100 valence electrons. The predicted molar refractivity (Wildman–Crippen MR) is 72.9 cm³/mol. The summed E-state index contributed by atoms with van der Waals surface area (Å²) in [5, 5.41) is 3.45. The minimum absolute atomic E-state index is 0.0520. The zero-order chi connectivity index (χ0) is 14.0. The number of aromatic nitrogens is 1. The van der Waals surface area contributed by atoms with Crippen LogP contribution in [0.2, 0.25) is 5.02 Å². The van der Waals surface area contributed by atoms with Crippen molar-refractivity contribution in [3.8, 4) is 0 Å². The van der Waals surface area contributed by atoms with E-state index in [0.717, 1.165) is 4.88 Å². The Kier molecular flexibility index (Phi) is 4.01. The van der Waals surface area contributed by atoms with E-state index in [1.54, 1.807) is 13.0 Å². The molecule has 0 aliphatic heterocycles. The van der Waals surface area contributed by atoms with E-state index in [4.69, 9.17) is 11.6 Å². The quantitative estimate of drug-likeness (QED) is 0.877.